The number of aryl methyl sites for hydroxylation is 1. The molecule has 7 nitrogen and oxygen atoms in total. The number of hydrogen-bond donors (Lipinski definition) is 3. The molecule has 0 radical (unpaired) electrons. The van der Waals surface area contributed by atoms with Crippen LogP contribution in [0.5, 0.6) is 5.75 Å². The van der Waals surface area contributed by atoms with Crippen molar-refractivity contribution < 1.29 is 19.4 Å². The zero-order valence-electron chi connectivity index (χ0n) is 18.0. The van der Waals surface area contributed by atoms with Crippen LogP contribution in [0.2, 0.25) is 0 Å². The van der Waals surface area contributed by atoms with E-state index in [9.17, 15) is 14.7 Å². The smallest absolute Gasteiger partial charge is 0.339 e. The molecule has 0 aliphatic heterocycles. The lowest BCUT2D eigenvalue weighted by Gasteiger charge is -2.27. The topological polar surface area (TPSA) is 115 Å². The predicted octanol–water partition coefficient (Wildman–Crippen LogP) is 4.07. The minimum Gasteiger partial charge on any atom is -0.492 e. The van der Waals surface area contributed by atoms with Crippen molar-refractivity contribution in [3.63, 3.8) is 0 Å². The molecule has 1 aliphatic carbocycles. The number of rotatable bonds is 6. The number of nitrogen functional groups attached to an aromatic ring is 1. The highest BCUT2D eigenvalue weighted by atomic mass is 16.5. The van der Waals surface area contributed by atoms with Gasteiger partial charge in [-0.1, -0.05) is 31.7 Å². The lowest BCUT2D eigenvalue weighted by Crippen LogP contribution is -2.45. The molecule has 1 aromatic heterocycles. The van der Waals surface area contributed by atoms with E-state index < -0.39 is 11.4 Å². The normalized spacial score (nSPS) is 15.6. The van der Waals surface area contributed by atoms with Crippen LogP contribution in [-0.2, 0) is 4.79 Å². The number of anilines is 1. The van der Waals surface area contributed by atoms with Gasteiger partial charge >= 0.3 is 5.97 Å². The van der Waals surface area contributed by atoms with Crippen molar-refractivity contribution in [1.82, 2.24) is 10.3 Å². The average molecular weight is 414 g/mol. The van der Waals surface area contributed by atoms with E-state index in [1.165, 1.54) is 12.8 Å². The maximum absolute atomic E-state index is 12.9. The van der Waals surface area contributed by atoms with Gasteiger partial charge in [-0.05, 0) is 45.7 Å². The third-order valence-corrected chi connectivity index (χ3v) is 5.80. The Hall–Kier alpha value is -2.83. The molecule has 4 N–H and O–H groups in total. The molecule has 1 fully saturated rings. The van der Waals surface area contributed by atoms with E-state index in [1.54, 1.807) is 25.1 Å². The van der Waals surface area contributed by atoms with Crippen molar-refractivity contribution in [2.24, 2.45) is 5.41 Å². The number of nitrogens with one attached hydrogen (secondary N) is 1. The Morgan fingerprint density at radius 1 is 1.23 bits per heavy atom. The van der Waals surface area contributed by atoms with Crippen LogP contribution in [0, 0.1) is 12.3 Å². The number of aromatic nitrogens is 1. The Kier molecular flexibility index (Phi) is 6.48. The Balaban J connectivity index is 1.79. The molecule has 1 amide bonds. The summed E-state index contributed by atoms with van der Waals surface area (Å²) in [5, 5.41) is 13.1. The van der Waals surface area contributed by atoms with Gasteiger partial charge in [-0.25, -0.2) is 4.79 Å². The summed E-state index contributed by atoms with van der Waals surface area (Å²) in [6.45, 7) is 5.45. The number of aromatic carboxylic acids is 1. The monoisotopic (exact) mass is 413 g/mol. The van der Waals surface area contributed by atoms with Crippen LogP contribution in [0.4, 0.5) is 5.69 Å². The lowest BCUT2D eigenvalue weighted by molar-refractivity contribution is -0.131. The van der Waals surface area contributed by atoms with Crippen LogP contribution in [0.15, 0.2) is 18.2 Å². The van der Waals surface area contributed by atoms with Gasteiger partial charge in [0.15, 0.2) is 0 Å². The minimum absolute atomic E-state index is 0.0242. The van der Waals surface area contributed by atoms with Crippen LogP contribution in [0.1, 0.15) is 68.4 Å². The number of fused-ring (bicyclic) bond motifs is 1. The van der Waals surface area contributed by atoms with Crippen LogP contribution < -0.4 is 15.8 Å². The minimum atomic E-state index is -1.13. The molecule has 162 valence electrons. The number of ether oxygens (including phenoxy) is 1. The van der Waals surface area contributed by atoms with E-state index in [1.807, 2.05) is 13.8 Å². The van der Waals surface area contributed by atoms with Gasteiger partial charge in [0.05, 0.1) is 27.7 Å². The third kappa shape index (κ3) is 4.66. The van der Waals surface area contributed by atoms with Crippen LogP contribution in [0.25, 0.3) is 10.9 Å². The number of carboxylic acid groups (broad SMARTS) is 1. The molecule has 0 atom stereocenters. The summed E-state index contributed by atoms with van der Waals surface area (Å²) in [7, 11) is 0. The second-order valence-corrected chi connectivity index (χ2v) is 8.78. The zero-order valence-corrected chi connectivity index (χ0v) is 18.0. The largest absolute Gasteiger partial charge is 0.492 e. The Bertz CT molecular complexity index is 947. The van der Waals surface area contributed by atoms with Crippen molar-refractivity contribution in [2.45, 2.75) is 65.3 Å². The number of carbonyl (C=O) groups is 2. The van der Waals surface area contributed by atoms with E-state index in [4.69, 9.17) is 10.5 Å². The van der Waals surface area contributed by atoms with Gasteiger partial charge in [0.1, 0.15) is 17.9 Å². The molecule has 1 aromatic carbocycles. The molecular formula is C23H31N3O4. The van der Waals surface area contributed by atoms with Crippen LogP contribution >= 0.6 is 0 Å². The first-order chi connectivity index (χ1) is 14.2. The second-order valence-electron chi connectivity index (χ2n) is 8.78. The number of nitrogens with two attached hydrogens (primary N) is 1. The van der Waals surface area contributed by atoms with E-state index in [2.05, 4.69) is 10.3 Å². The van der Waals surface area contributed by atoms with E-state index >= 15 is 0 Å². The van der Waals surface area contributed by atoms with Gasteiger partial charge in [0.25, 0.3) is 0 Å². The maximum atomic E-state index is 12.9. The van der Waals surface area contributed by atoms with Crippen molar-refractivity contribution in [3.8, 4) is 5.75 Å². The van der Waals surface area contributed by atoms with Gasteiger partial charge < -0.3 is 20.9 Å². The molecule has 0 spiro atoms. The number of nitrogens with zero attached hydrogens (tertiary/aromatic N) is 1. The first-order valence-electron chi connectivity index (χ1n) is 10.6. The molecule has 30 heavy (non-hydrogen) atoms. The van der Waals surface area contributed by atoms with Crippen molar-refractivity contribution >= 4 is 28.5 Å². The van der Waals surface area contributed by atoms with Crippen molar-refractivity contribution in [2.75, 3.05) is 12.3 Å². The van der Waals surface area contributed by atoms with E-state index in [0.29, 0.717) is 22.3 Å². The molecule has 1 aliphatic rings. The molecule has 2 aromatic rings. The Labute approximate surface area is 177 Å². The molecule has 3 rings (SSSR count). The highest BCUT2D eigenvalue weighted by molar-refractivity contribution is 6.06. The fourth-order valence-corrected chi connectivity index (χ4v) is 3.96. The second kappa shape index (κ2) is 8.90. The first kappa shape index (κ1) is 21.9. The van der Waals surface area contributed by atoms with Gasteiger partial charge in [-0.3, -0.25) is 9.78 Å². The van der Waals surface area contributed by atoms with Gasteiger partial charge in [0.2, 0.25) is 5.91 Å². The van der Waals surface area contributed by atoms with Crippen LogP contribution in [-0.4, -0.2) is 34.6 Å². The highest BCUT2D eigenvalue weighted by Gasteiger charge is 2.31. The molecule has 1 heterocycles. The number of carboxylic acids is 1. The quantitative estimate of drug-likeness (QED) is 0.615. The third-order valence-electron chi connectivity index (χ3n) is 5.80. The molecular weight excluding hydrogens is 382 g/mol. The number of pyridine rings is 1. The predicted molar refractivity (Wildman–Crippen MR) is 117 cm³/mol. The number of carbonyl (C=O) groups excluding carboxylic acids is 1. The summed E-state index contributed by atoms with van der Waals surface area (Å²) in [5.74, 6) is -0.740. The number of amides is 1. The first-order valence-corrected chi connectivity index (χ1v) is 10.6. The van der Waals surface area contributed by atoms with Crippen molar-refractivity contribution in [3.05, 3.63) is 29.5 Å². The number of benzene rings is 1. The average Bonchev–Trinajstić information content (AvgIpc) is 2.94. The Morgan fingerprint density at radius 3 is 2.53 bits per heavy atom. The van der Waals surface area contributed by atoms with Gasteiger partial charge in [-0.15, -0.1) is 0 Å². The maximum Gasteiger partial charge on any atom is 0.339 e. The summed E-state index contributed by atoms with van der Waals surface area (Å²) < 4.78 is 6.00. The van der Waals surface area contributed by atoms with E-state index in [0.717, 1.165) is 25.7 Å². The molecule has 0 saturated heterocycles. The van der Waals surface area contributed by atoms with Gasteiger partial charge in [0, 0.05) is 6.04 Å². The summed E-state index contributed by atoms with van der Waals surface area (Å²) in [6.07, 6.45) is 6.79. The molecule has 7 heteroatoms. The molecule has 1 saturated carbocycles. The summed E-state index contributed by atoms with van der Waals surface area (Å²) >= 11 is 0. The fourth-order valence-electron chi connectivity index (χ4n) is 3.96. The van der Waals surface area contributed by atoms with Crippen molar-refractivity contribution in [1.29, 1.82) is 0 Å². The standard InChI is InChI=1S/C23H31N3O4/c1-14-18(21(27)28)20(24)19-16(25-14)11-8-12-17(19)30-13-23(2,3)22(29)26-15-9-6-4-5-7-10-15/h8,11-12,15H,4-7,9-10,13H2,1-3H3,(H2,24,25)(H,26,29)(H,27,28). The summed E-state index contributed by atoms with van der Waals surface area (Å²) in [5.41, 5.74) is 6.45. The Morgan fingerprint density at radius 2 is 1.90 bits per heavy atom. The summed E-state index contributed by atoms with van der Waals surface area (Å²) in [4.78, 5) is 28.8. The molecule has 0 unspecified atom stereocenters. The van der Waals surface area contributed by atoms with Gasteiger partial charge in [-0.2, -0.15) is 0 Å². The zero-order chi connectivity index (χ0) is 21.9. The molecule has 0 bridgehead atoms. The fraction of sp³-hybridized carbons (Fsp3) is 0.522. The lowest BCUT2D eigenvalue weighted by atomic mass is 9.92. The summed E-state index contributed by atoms with van der Waals surface area (Å²) in [6, 6.07) is 5.49. The van der Waals surface area contributed by atoms with E-state index in [-0.39, 0.29) is 29.8 Å². The number of hydrogen-bond acceptors (Lipinski definition) is 5. The SMILES string of the molecule is Cc1nc2cccc(OCC(C)(C)C(=O)NC3CCCCCC3)c2c(N)c1C(=O)O. The highest BCUT2D eigenvalue weighted by Crippen LogP contribution is 2.34. The van der Waals surface area contributed by atoms with Crippen LogP contribution in [0.3, 0.4) is 0 Å².